The molecule has 0 atom stereocenters. The summed E-state index contributed by atoms with van der Waals surface area (Å²) in [6.07, 6.45) is 4.52. The van der Waals surface area contributed by atoms with E-state index in [1.165, 1.54) is 4.57 Å². The van der Waals surface area contributed by atoms with Crippen LogP contribution in [0.4, 0.5) is 11.5 Å². The Bertz CT molecular complexity index is 1040. The first-order valence-electron chi connectivity index (χ1n) is 11.5. The first-order valence-corrected chi connectivity index (χ1v) is 11.5. The minimum atomic E-state index is -0.558. The third kappa shape index (κ3) is 5.06. The molecule has 0 unspecified atom stereocenters. The second-order valence-corrected chi connectivity index (χ2v) is 9.12. The molecule has 0 aliphatic heterocycles. The summed E-state index contributed by atoms with van der Waals surface area (Å²) in [5.74, 6) is 0.119. The van der Waals surface area contributed by atoms with Crippen molar-refractivity contribution in [3.05, 3.63) is 56.7 Å². The van der Waals surface area contributed by atoms with E-state index in [1.807, 2.05) is 51.1 Å². The Morgan fingerprint density at radius 2 is 1.94 bits per heavy atom. The number of aromatic amines is 1. The number of aromatic nitrogens is 2. The average molecular weight is 442 g/mol. The van der Waals surface area contributed by atoms with E-state index in [2.05, 4.69) is 10.3 Å². The molecule has 3 rings (SSSR count). The van der Waals surface area contributed by atoms with Crippen molar-refractivity contribution in [2.24, 2.45) is 5.92 Å². The monoisotopic (exact) mass is 441 g/mol. The highest BCUT2D eigenvalue weighted by Gasteiger charge is 2.40. The molecule has 32 heavy (non-hydrogen) atoms. The Kier molecular flexibility index (Phi) is 7.43. The van der Waals surface area contributed by atoms with Crippen LogP contribution >= 0.6 is 0 Å². The molecule has 1 fully saturated rings. The molecule has 1 aromatic carbocycles. The predicted octanol–water partition coefficient (Wildman–Crippen LogP) is 2.58. The van der Waals surface area contributed by atoms with Crippen LogP contribution in [0.5, 0.6) is 0 Å². The summed E-state index contributed by atoms with van der Waals surface area (Å²) in [6.45, 7) is 6.88. The number of nitrogens with two attached hydrogens (primary N) is 1. The summed E-state index contributed by atoms with van der Waals surface area (Å²) < 4.78 is 1.38. The van der Waals surface area contributed by atoms with E-state index >= 15 is 0 Å². The molecule has 1 aliphatic rings. The molecular formula is C24H35N5O3. The van der Waals surface area contributed by atoms with E-state index in [0.717, 1.165) is 37.7 Å². The lowest BCUT2D eigenvalue weighted by atomic mass is 9.72. The Morgan fingerprint density at radius 1 is 1.25 bits per heavy atom. The quantitative estimate of drug-likeness (QED) is 0.524. The van der Waals surface area contributed by atoms with Gasteiger partial charge in [0.05, 0.1) is 12.1 Å². The number of carbonyl (C=O) groups excluding carboxylic acids is 1. The fourth-order valence-electron chi connectivity index (χ4n) is 4.30. The first kappa shape index (κ1) is 23.6. The molecule has 1 heterocycles. The van der Waals surface area contributed by atoms with Gasteiger partial charge in [0.15, 0.2) is 0 Å². The van der Waals surface area contributed by atoms with Crippen LogP contribution in [0.15, 0.2) is 39.9 Å². The highest BCUT2D eigenvalue weighted by molar-refractivity contribution is 5.83. The third-order valence-electron chi connectivity index (χ3n) is 6.11. The number of nitrogen functional groups attached to an aromatic ring is 1. The van der Waals surface area contributed by atoms with Crippen LogP contribution in [-0.2, 0) is 16.9 Å². The summed E-state index contributed by atoms with van der Waals surface area (Å²) in [4.78, 5) is 42.3. The molecule has 1 aliphatic carbocycles. The lowest BCUT2D eigenvalue weighted by Gasteiger charge is -2.43. The van der Waals surface area contributed by atoms with Gasteiger partial charge in [0.2, 0.25) is 5.91 Å². The van der Waals surface area contributed by atoms with E-state index < -0.39 is 11.2 Å². The van der Waals surface area contributed by atoms with Crippen molar-refractivity contribution < 1.29 is 4.79 Å². The zero-order valence-electron chi connectivity index (χ0n) is 19.3. The number of nitrogens with zero attached hydrogens (tertiary/aromatic N) is 2. The molecule has 4 N–H and O–H groups in total. The molecule has 2 aromatic rings. The maximum Gasteiger partial charge on any atom is 0.330 e. The number of amides is 1. The molecule has 1 saturated carbocycles. The molecule has 174 valence electrons. The number of benzene rings is 1. The molecule has 0 bridgehead atoms. The van der Waals surface area contributed by atoms with Gasteiger partial charge in [0.25, 0.3) is 5.56 Å². The van der Waals surface area contributed by atoms with E-state index in [0.29, 0.717) is 13.1 Å². The number of unbranched alkanes of at least 4 members (excludes halogenated alkanes) is 1. The topological polar surface area (TPSA) is 113 Å². The van der Waals surface area contributed by atoms with Crippen molar-refractivity contribution in [2.45, 2.75) is 65.0 Å². The Morgan fingerprint density at radius 3 is 2.50 bits per heavy atom. The van der Waals surface area contributed by atoms with Crippen molar-refractivity contribution in [1.82, 2.24) is 14.9 Å². The Hall–Kier alpha value is -3.03. The molecule has 0 saturated heterocycles. The number of nitrogens with one attached hydrogen (secondary N) is 2. The summed E-state index contributed by atoms with van der Waals surface area (Å²) >= 11 is 0. The van der Waals surface area contributed by atoms with Crippen LogP contribution in [0.1, 0.15) is 58.4 Å². The number of carbonyl (C=O) groups is 1. The van der Waals surface area contributed by atoms with Gasteiger partial charge < -0.3 is 16.0 Å². The van der Waals surface area contributed by atoms with Crippen LogP contribution in [0, 0.1) is 5.92 Å². The molecule has 0 radical (unpaired) electrons. The van der Waals surface area contributed by atoms with Crippen molar-refractivity contribution >= 4 is 17.4 Å². The standard InChI is InChI=1S/C24H35N5O3/c1-4-5-14-28(20-21(25)29(15-17(2)3)23(32)26-22(20)31)16-19(30)27-24(12-9-13-24)18-10-7-6-8-11-18/h6-8,10-11,17H,4-5,9,12-16,25H2,1-3H3,(H,27,30)(H,26,31,32). The van der Waals surface area contributed by atoms with Gasteiger partial charge in [-0.3, -0.25) is 19.1 Å². The smallest absolute Gasteiger partial charge is 0.330 e. The molecule has 8 nitrogen and oxygen atoms in total. The predicted molar refractivity (Wildman–Crippen MR) is 128 cm³/mol. The summed E-state index contributed by atoms with van der Waals surface area (Å²) in [6, 6.07) is 10.0. The number of rotatable bonds is 10. The van der Waals surface area contributed by atoms with Gasteiger partial charge in [-0.25, -0.2) is 4.79 Å². The van der Waals surface area contributed by atoms with Gasteiger partial charge in [-0.15, -0.1) is 0 Å². The average Bonchev–Trinajstić information content (AvgIpc) is 2.72. The summed E-state index contributed by atoms with van der Waals surface area (Å²) in [7, 11) is 0. The second kappa shape index (κ2) is 10.1. The van der Waals surface area contributed by atoms with Gasteiger partial charge in [0.1, 0.15) is 11.5 Å². The van der Waals surface area contributed by atoms with Crippen molar-refractivity contribution in [1.29, 1.82) is 0 Å². The fourth-order valence-corrected chi connectivity index (χ4v) is 4.30. The van der Waals surface area contributed by atoms with Crippen LogP contribution < -0.4 is 27.2 Å². The van der Waals surface area contributed by atoms with Crippen LogP contribution in [0.25, 0.3) is 0 Å². The molecule has 0 spiro atoms. The number of hydrogen-bond donors (Lipinski definition) is 3. The van der Waals surface area contributed by atoms with Gasteiger partial charge in [-0.2, -0.15) is 0 Å². The summed E-state index contributed by atoms with van der Waals surface area (Å²) in [5.41, 5.74) is 6.16. The highest BCUT2D eigenvalue weighted by Crippen LogP contribution is 2.41. The molecule has 1 amide bonds. The molecule has 1 aromatic heterocycles. The van der Waals surface area contributed by atoms with E-state index in [4.69, 9.17) is 5.73 Å². The first-order chi connectivity index (χ1) is 15.3. The van der Waals surface area contributed by atoms with Gasteiger partial charge in [-0.05, 0) is 37.2 Å². The molecular weight excluding hydrogens is 406 g/mol. The van der Waals surface area contributed by atoms with Crippen molar-refractivity contribution in [3.63, 3.8) is 0 Å². The largest absolute Gasteiger partial charge is 0.383 e. The van der Waals surface area contributed by atoms with Crippen molar-refractivity contribution in [3.8, 4) is 0 Å². The maximum atomic E-state index is 13.1. The third-order valence-corrected chi connectivity index (χ3v) is 6.11. The minimum absolute atomic E-state index is 0.00173. The fraction of sp³-hybridized carbons (Fsp3) is 0.542. The van der Waals surface area contributed by atoms with Crippen LogP contribution in [-0.4, -0.2) is 28.5 Å². The zero-order valence-corrected chi connectivity index (χ0v) is 19.3. The van der Waals surface area contributed by atoms with E-state index in [1.54, 1.807) is 4.90 Å². The second-order valence-electron chi connectivity index (χ2n) is 9.12. The number of hydrogen-bond acceptors (Lipinski definition) is 5. The van der Waals surface area contributed by atoms with Gasteiger partial charge in [-0.1, -0.05) is 57.5 Å². The van der Waals surface area contributed by atoms with Gasteiger partial charge in [0, 0.05) is 13.1 Å². The van der Waals surface area contributed by atoms with Crippen LogP contribution in [0.3, 0.4) is 0 Å². The van der Waals surface area contributed by atoms with Gasteiger partial charge >= 0.3 is 5.69 Å². The maximum absolute atomic E-state index is 13.1. The zero-order chi connectivity index (χ0) is 23.3. The SMILES string of the molecule is CCCCN(CC(=O)NC1(c2ccccc2)CCC1)c1c(N)n(CC(C)C)c(=O)[nH]c1=O. The van der Waals surface area contributed by atoms with E-state index in [9.17, 15) is 14.4 Å². The lowest BCUT2D eigenvalue weighted by Crippen LogP contribution is -2.54. The highest BCUT2D eigenvalue weighted by atomic mass is 16.2. The van der Waals surface area contributed by atoms with Crippen LogP contribution in [0.2, 0.25) is 0 Å². The normalized spacial score (nSPS) is 14.8. The minimum Gasteiger partial charge on any atom is -0.383 e. The Balaban J connectivity index is 1.88. The summed E-state index contributed by atoms with van der Waals surface area (Å²) in [5, 5.41) is 3.22. The molecule has 8 heteroatoms. The van der Waals surface area contributed by atoms with Crippen molar-refractivity contribution in [2.75, 3.05) is 23.7 Å². The lowest BCUT2D eigenvalue weighted by molar-refractivity contribution is -0.123. The number of anilines is 2. The number of H-pyrrole nitrogens is 1. The van der Waals surface area contributed by atoms with E-state index in [-0.39, 0.29) is 35.4 Å². The Labute approximate surface area is 188 Å².